The first kappa shape index (κ1) is 18.3. The summed E-state index contributed by atoms with van der Waals surface area (Å²) in [7, 11) is 0. The molecule has 8 nitrogen and oxygen atoms in total. The molecule has 0 radical (unpaired) electrons. The summed E-state index contributed by atoms with van der Waals surface area (Å²) in [5, 5.41) is 6.62. The Bertz CT molecular complexity index is 1130. The monoisotopic (exact) mass is 387 g/mol. The Balaban J connectivity index is 1.49. The van der Waals surface area contributed by atoms with Gasteiger partial charge < -0.3 is 9.26 Å². The lowest BCUT2D eigenvalue weighted by Gasteiger charge is -2.08. The summed E-state index contributed by atoms with van der Waals surface area (Å²) in [5.74, 6) is 1.09. The lowest BCUT2D eigenvalue weighted by Crippen LogP contribution is -2.21. The standard InChI is InChI=1S/C21H17N5O3/c1-14-6-4-7-15(12-14)19-25-20(29-26-19)16-8-2-3-9-17(16)28-13-18(27)24-21-22-10-5-11-23-21/h2-12H,13H2,1H3,(H,22,23,24,27). The van der Waals surface area contributed by atoms with E-state index in [2.05, 4.69) is 25.4 Å². The van der Waals surface area contributed by atoms with Gasteiger partial charge >= 0.3 is 0 Å². The highest BCUT2D eigenvalue weighted by atomic mass is 16.5. The van der Waals surface area contributed by atoms with Gasteiger partial charge in [0.05, 0.1) is 5.56 Å². The number of benzene rings is 2. The number of nitrogens with one attached hydrogen (secondary N) is 1. The molecule has 0 aliphatic carbocycles. The minimum Gasteiger partial charge on any atom is -0.483 e. The second-order valence-electron chi connectivity index (χ2n) is 6.20. The summed E-state index contributed by atoms with van der Waals surface area (Å²) in [6.07, 6.45) is 3.08. The van der Waals surface area contributed by atoms with Gasteiger partial charge in [-0.25, -0.2) is 9.97 Å². The number of carbonyl (C=O) groups excluding carboxylic acids is 1. The zero-order valence-electron chi connectivity index (χ0n) is 15.6. The number of anilines is 1. The number of para-hydroxylation sites is 1. The molecule has 0 bridgehead atoms. The van der Waals surface area contributed by atoms with Crippen LogP contribution in [-0.2, 0) is 4.79 Å². The Hall–Kier alpha value is -4.07. The molecule has 8 heteroatoms. The van der Waals surface area contributed by atoms with Crippen LogP contribution in [0.25, 0.3) is 22.8 Å². The van der Waals surface area contributed by atoms with Crippen LogP contribution >= 0.6 is 0 Å². The van der Waals surface area contributed by atoms with Crippen molar-refractivity contribution in [3.63, 3.8) is 0 Å². The largest absolute Gasteiger partial charge is 0.483 e. The van der Waals surface area contributed by atoms with Crippen LogP contribution in [0, 0.1) is 6.92 Å². The van der Waals surface area contributed by atoms with E-state index < -0.39 is 0 Å². The Morgan fingerprint density at radius 2 is 1.90 bits per heavy atom. The third-order valence-corrected chi connectivity index (χ3v) is 4.00. The van der Waals surface area contributed by atoms with E-state index in [1.165, 1.54) is 0 Å². The van der Waals surface area contributed by atoms with Gasteiger partial charge in [-0.1, -0.05) is 41.1 Å². The minimum atomic E-state index is -0.378. The topological polar surface area (TPSA) is 103 Å². The van der Waals surface area contributed by atoms with Crippen LogP contribution in [0.4, 0.5) is 5.95 Å². The molecule has 0 aliphatic rings. The summed E-state index contributed by atoms with van der Waals surface area (Å²) in [4.78, 5) is 24.4. The molecule has 29 heavy (non-hydrogen) atoms. The summed E-state index contributed by atoms with van der Waals surface area (Å²) in [5.41, 5.74) is 2.56. The van der Waals surface area contributed by atoms with Gasteiger partial charge in [0.2, 0.25) is 11.8 Å². The number of ether oxygens (including phenoxy) is 1. The number of aromatic nitrogens is 4. The fourth-order valence-electron chi connectivity index (χ4n) is 2.67. The molecule has 0 saturated heterocycles. The molecule has 4 rings (SSSR count). The van der Waals surface area contributed by atoms with Crippen molar-refractivity contribution in [3.05, 3.63) is 72.6 Å². The van der Waals surface area contributed by atoms with E-state index in [4.69, 9.17) is 9.26 Å². The van der Waals surface area contributed by atoms with E-state index in [0.717, 1.165) is 11.1 Å². The quantitative estimate of drug-likeness (QED) is 0.540. The van der Waals surface area contributed by atoms with Crippen LogP contribution in [0.5, 0.6) is 5.75 Å². The van der Waals surface area contributed by atoms with Crippen molar-refractivity contribution in [2.24, 2.45) is 0 Å². The Kier molecular flexibility index (Phi) is 5.24. The Labute approximate surface area is 166 Å². The molecular formula is C21H17N5O3. The van der Waals surface area contributed by atoms with Gasteiger partial charge in [-0.15, -0.1) is 0 Å². The molecule has 0 aliphatic heterocycles. The molecule has 1 N–H and O–H groups in total. The third kappa shape index (κ3) is 4.44. The maximum Gasteiger partial charge on any atom is 0.264 e. The van der Waals surface area contributed by atoms with E-state index in [1.807, 2.05) is 37.3 Å². The highest BCUT2D eigenvalue weighted by Crippen LogP contribution is 2.30. The number of hydrogen-bond acceptors (Lipinski definition) is 7. The summed E-state index contributed by atoms with van der Waals surface area (Å²) in [6, 6.07) is 16.7. The molecule has 0 atom stereocenters. The number of carbonyl (C=O) groups is 1. The maximum absolute atomic E-state index is 12.1. The van der Waals surface area contributed by atoms with Crippen LogP contribution in [0.15, 0.2) is 71.5 Å². The van der Waals surface area contributed by atoms with Crippen molar-refractivity contribution in [1.82, 2.24) is 20.1 Å². The van der Waals surface area contributed by atoms with E-state index in [1.54, 1.807) is 36.7 Å². The Morgan fingerprint density at radius 3 is 2.72 bits per heavy atom. The Morgan fingerprint density at radius 1 is 1.07 bits per heavy atom. The van der Waals surface area contributed by atoms with Crippen molar-refractivity contribution < 1.29 is 14.1 Å². The molecule has 2 aromatic heterocycles. The van der Waals surface area contributed by atoms with Gasteiger partial charge in [0.25, 0.3) is 11.8 Å². The van der Waals surface area contributed by atoms with Gasteiger partial charge in [-0.3, -0.25) is 10.1 Å². The first-order valence-corrected chi connectivity index (χ1v) is 8.89. The molecule has 144 valence electrons. The fraction of sp³-hybridized carbons (Fsp3) is 0.0952. The zero-order chi connectivity index (χ0) is 20.1. The second kappa shape index (κ2) is 8.30. The lowest BCUT2D eigenvalue weighted by atomic mass is 10.1. The molecule has 0 fully saturated rings. The molecular weight excluding hydrogens is 370 g/mol. The van der Waals surface area contributed by atoms with Crippen LogP contribution in [-0.4, -0.2) is 32.6 Å². The van der Waals surface area contributed by atoms with Gasteiger partial charge in [0.1, 0.15) is 5.75 Å². The number of aryl methyl sites for hydroxylation is 1. The van der Waals surface area contributed by atoms with Gasteiger partial charge in [-0.05, 0) is 31.2 Å². The van der Waals surface area contributed by atoms with Crippen molar-refractivity contribution >= 4 is 11.9 Å². The number of nitrogens with zero attached hydrogens (tertiary/aromatic N) is 4. The highest BCUT2D eigenvalue weighted by molar-refractivity contribution is 5.90. The highest BCUT2D eigenvalue weighted by Gasteiger charge is 2.16. The van der Waals surface area contributed by atoms with Crippen molar-refractivity contribution in [1.29, 1.82) is 0 Å². The fourth-order valence-corrected chi connectivity index (χ4v) is 2.67. The second-order valence-corrected chi connectivity index (χ2v) is 6.20. The van der Waals surface area contributed by atoms with Crippen molar-refractivity contribution in [2.45, 2.75) is 6.92 Å². The van der Waals surface area contributed by atoms with Crippen LogP contribution < -0.4 is 10.1 Å². The predicted octanol–water partition coefficient (Wildman–Crippen LogP) is 3.52. The van der Waals surface area contributed by atoms with E-state index in [9.17, 15) is 4.79 Å². The average Bonchev–Trinajstić information content (AvgIpc) is 3.23. The summed E-state index contributed by atoms with van der Waals surface area (Å²) >= 11 is 0. The minimum absolute atomic E-state index is 0.214. The van der Waals surface area contributed by atoms with Crippen LogP contribution in [0.1, 0.15) is 5.56 Å². The average molecular weight is 387 g/mol. The number of rotatable bonds is 6. The molecule has 0 saturated carbocycles. The molecule has 0 unspecified atom stereocenters. The van der Waals surface area contributed by atoms with Crippen LogP contribution in [0.3, 0.4) is 0 Å². The third-order valence-electron chi connectivity index (χ3n) is 4.00. The molecule has 2 aromatic carbocycles. The summed E-state index contributed by atoms with van der Waals surface area (Å²) in [6.45, 7) is 1.79. The van der Waals surface area contributed by atoms with Crippen molar-refractivity contribution in [2.75, 3.05) is 11.9 Å². The molecule has 1 amide bonds. The van der Waals surface area contributed by atoms with Crippen LogP contribution in [0.2, 0.25) is 0 Å². The molecule has 4 aromatic rings. The maximum atomic E-state index is 12.1. The van der Waals surface area contributed by atoms with Gasteiger partial charge in [-0.2, -0.15) is 4.98 Å². The van der Waals surface area contributed by atoms with E-state index in [-0.39, 0.29) is 18.5 Å². The normalized spacial score (nSPS) is 10.5. The first-order valence-electron chi connectivity index (χ1n) is 8.89. The van der Waals surface area contributed by atoms with Crippen molar-refractivity contribution in [3.8, 4) is 28.6 Å². The smallest absolute Gasteiger partial charge is 0.264 e. The zero-order valence-corrected chi connectivity index (χ0v) is 15.6. The molecule has 2 heterocycles. The SMILES string of the molecule is Cc1cccc(-c2noc(-c3ccccc3OCC(=O)Nc3ncccn3)n2)c1. The number of amides is 1. The number of hydrogen-bond donors (Lipinski definition) is 1. The van der Waals surface area contributed by atoms with Gasteiger partial charge in [0.15, 0.2) is 6.61 Å². The van der Waals surface area contributed by atoms with Gasteiger partial charge in [0, 0.05) is 18.0 Å². The first-order chi connectivity index (χ1) is 14.2. The predicted molar refractivity (Wildman–Crippen MR) is 106 cm³/mol. The molecule has 0 spiro atoms. The lowest BCUT2D eigenvalue weighted by molar-refractivity contribution is -0.118. The van der Waals surface area contributed by atoms with E-state index in [0.29, 0.717) is 23.0 Å². The summed E-state index contributed by atoms with van der Waals surface area (Å²) < 4.78 is 11.1. The van der Waals surface area contributed by atoms with E-state index >= 15 is 0 Å².